The van der Waals surface area contributed by atoms with Crippen LogP contribution in [0.4, 0.5) is 0 Å². The van der Waals surface area contributed by atoms with Gasteiger partial charge in [-0.15, -0.1) is 0 Å². The standard InChI is InChI=1S/C20H20O/c21-20-12-11-18(13-16-7-3-1-4-8-16)19(15-20)14-17-9-5-2-6-10-17/h1-10H,11-15H2. The van der Waals surface area contributed by atoms with Crippen LogP contribution in [0.5, 0.6) is 0 Å². The minimum Gasteiger partial charge on any atom is -0.300 e. The highest BCUT2D eigenvalue weighted by Crippen LogP contribution is 2.36. The van der Waals surface area contributed by atoms with Crippen molar-refractivity contribution in [2.24, 2.45) is 0 Å². The van der Waals surface area contributed by atoms with Crippen LogP contribution >= 0.6 is 0 Å². The van der Waals surface area contributed by atoms with Crippen molar-refractivity contribution in [1.82, 2.24) is 0 Å². The third-order valence-electron chi connectivity index (χ3n) is 4.14. The summed E-state index contributed by atoms with van der Waals surface area (Å²) < 4.78 is 0. The van der Waals surface area contributed by atoms with E-state index in [1.165, 1.54) is 23.0 Å². The number of hydrogen-bond acceptors (Lipinski definition) is 1. The van der Waals surface area contributed by atoms with Crippen LogP contribution in [0.25, 0.3) is 0 Å². The predicted molar refractivity (Wildman–Crippen MR) is 85.6 cm³/mol. The van der Waals surface area contributed by atoms with Crippen LogP contribution in [0, 0.1) is 11.8 Å². The van der Waals surface area contributed by atoms with E-state index in [0.29, 0.717) is 18.6 Å². The third kappa shape index (κ3) is 3.81. The number of hydrogen-bond donors (Lipinski definition) is 0. The molecule has 2 radical (unpaired) electrons. The topological polar surface area (TPSA) is 17.1 Å². The maximum absolute atomic E-state index is 11.8. The molecule has 0 saturated heterocycles. The van der Waals surface area contributed by atoms with Gasteiger partial charge in [0.1, 0.15) is 5.78 Å². The van der Waals surface area contributed by atoms with Gasteiger partial charge in [0.25, 0.3) is 0 Å². The summed E-state index contributed by atoms with van der Waals surface area (Å²) in [6.45, 7) is 0. The number of carbonyl (C=O) groups excluding carboxylic acids is 1. The molecule has 3 rings (SSSR count). The summed E-state index contributed by atoms with van der Waals surface area (Å²) in [6, 6.07) is 21.0. The van der Waals surface area contributed by atoms with E-state index < -0.39 is 0 Å². The van der Waals surface area contributed by atoms with Crippen LogP contribution in [0.3, 0.4) is 0 Å². The predicted octanol–water partition coefficient (Wildman–Crippen LogP) is 4.37. The second-order valence-corrected chi connectivity index (χ2v) is 5.75. The lowest BCUT2D eigenvalue weighted by molar-refractivity contribution is -0.119. The number of Topliss-reactive ketones (excluding diaryl/α,β-unsaturated/α-hetero) is 1. The van der Waals surface area contributed by atoms with Gasteiger partial charge in [-0.3, -0.25) is 4.79 Å². The molecule has 106 valence electrons. The van der Waals surface area contributed by atoms with Crippen molar-refractivity contribution in [3.05, 3.63) is 83.6 Å². The van der Waals surface area contributed by atoms with Gasteiger partial charge in [-0.2, -0.15) is 0 Å². The van der Waals surface area contributed by atoms with Gasteiger partial charge in [-0.25, -0.2) is 0 Å². The lowest BCUT2D eigenvalue weighted by Gasteiger charge is -2.30. The largest absolute Gasteiger partial charge is 0.300 e. The van der Waals surface area contributed by atoms with Crippen molar-refractivity contribution in [2.75, 3.05) is 0 Å². The van der Waals surface area contributed by atoms with Crippen LogP contribution in [0.1, 0.15) is 30.4 Å². The molecule has 0 amide bonds. The molecule has 0 aromatic heterocycles. The highest BCUT2D eigenvalue weighted by Gasteiger charge is 2.30. The van der Waals surface area contributed by atoms with Crippen LogP contribution in [-0.4, -0.2) is 5.78 Å². The molecule has 0 atom stereocenters. The number of benzene rings is 2. The first kappa shape index (κ1) is 14.1. The van der Waals surface area contributed by atoms with Gasteiger partial charge < -0.3 is 0 Å². The Morgan fingerprint density at radius 1 is 0.667 bits per heavy atom. The molecule has 0 spiro atoms. The zero-order valence-electron chi connectivity index (χ0n) is 12.2. The molecule has 1 nitrogen and oxygen atoms in total. The summed E-state index contributed by atoms with van der Waals surface area (Å²) in [6.07, 6.45) is 4.17. The quantitative estimate of drug-likeness (QED) is 0.810. The normalized spacial score (nSPS) is 17.0. The van der Waals surface area contributed by atoms with Crippen molar-refractivity contribution >= 4 is 5.78 Å². The Hall–Kier alpha value is -1.89. The average Bonchev–Trinajstić information content (AvgIpc) is 2.52. The van der Waals surface area contributed by atoms with Crippen LogP contribution in [-0.2, 0) is 17.6 Å². The Bertz CT molecular complexity index is 573. The molecule has 1 heteroatoms. The Morgan fingerprint density at radius 2 is 1.19 bits per heavy atom. The zero-order chi connectivity index (χ0) is 14.5. The average molecular weight is 276 g/mol. The van der Waals surface area contributed by atoms with Gasteiger partial charge in [0.05, 0.1) is 0 Å². The lowest BCUT2D eigenvalue weighted by atomic mass is 9.73. The Kier molecular flexibility index (Phi) is 4.49. The number of ketones is 1. The molecule has 21 heavy (non-hydrogen) atoms. The molecule has 1 aliphatic carbocycles. The summed E-state index contributed by atoms with van der Waals surface area (Å²) in [5.74, 6) is 3.18. The molecule has 0 N–H and O–H groups in total. The second-order valence-electron chi connectivity index (χ2n) is 5.75. The molecule has 0 unspecified atom stereocenters. The fourth-order valence-electron chi connectivity index (χ4n) is 3.00. The first-order valence-electron chi connectivity index (χ1n) is 7.60. The second kappa shape index (κ2) is 6.71. The molecular weight excluding hydrogens is 256 g/mol. The zero-order valence-corrected chi connectivity index (χ0v) is 12.2. The van der Waals surface area contributed by atoms with Crippen LogP contribution in [0.2, 0.25) is 0 Å². The summed E-state index contributed by atoms with van der Waals surface area (Å²) in [5, 5.41) is 0. The van der Waals surface area contributed by atoms with Gasteiger partial charge in [0, 0.05) is 12.8 Å². The van der Waals surface area contributed by atoms with Crippen molar-refractivity contribution in [3.63, 3.8) is 0 Å². The van der Waals surface area contributed by atoms with E-state index in [9.17, 15) is 4.79 Å². The van der Waals surface area contributed by atoms with Gasteiger partial charge in [-0.05, 0) is 42.2 Å². The van der Waals surface area contributed by atoms with Gasteiger partial charge >= 0.3 is 0 Å². The molecule has 1 saturated carbocycles. The molecule has 0 bridgehead atoms. The van der Waals surface area contributed by atoms with E-state index in [0.717, 1.165) is 19.3 Å². The molecule has 1 fully saturated rings. The van der Waals surface area contributed by atoms with E-state index in [1.54, 1.807) is 0 Å². The van der Waals surface area contributed by atoms with Crippen molar-refractivity contribution < 1.29 is 4.79 Å². The van der Waals surface area contributed by atoms with E-state index in [1.807, 2.05) is 12.1 Å². The van der Waals surface area contributed by atoms with Crippen molar-refractivity contribution in [1.29, 1.82) is 0 Å². The smallest absolute Gasteiger partial charge is 0.133 e. The summed E-state index contributed by atoms with van der Waals surface area (Å²) in [4.78, 5) is 11.8. The fraction of sp³-hybridized carbons (Fsp3) is 0.250. The number of carbonyl (C=O) groups is 1. The molecule has 2 aromatic rings. The fourth-order valence-corrected chi connectivity index (χ4v) is 3.00. The first-order chi connectivity index (χ1) is 10.3. The highest BCUT2D eigenvalue weighted by atomic mass is 16.1. The van der Waals surface area contributed by atoms with E-state index in [2.05, 4.69) is 48.5 Å². The third-order valence-corrected chi connectivity index (χ3v) is 4.14. The molecule has 0 heterocycles. The highest BCUT2D eigenvalue weighted by molar-refractivity contribution is 5.82. The van der Waals surface area contributed by atoms with E-state index in [4.69, 9.17) is 0 Å². The van der Waals surface area contributed by atoms with Gasteiger partial charge in [-0.1, -0.05) is 60.7 Å². The van der Waals surface area contributed by atoms with E-state index in [-0.39, 0.29) is 0 Å². The molecule has 1 aliphatic rings. The van der Waals surface area contributed by atoms with Crippen LogP contribution < -0.4 is 0 Å². The number of rotatable bonds is 4. The molecular formula is C20H20O. The van der Waals surface area contributed by atoms with Gasteiger partial charge in [0.15, 0.2) is 0 Å². The van der Waals surface area contributed by atoms with E-state index >= 15 is 0 Å². The van der Waals surface area contributed by atoms with Crippen molar-refractivity contribution in [3.8, 4) is 0 Å². The SMILES string of the molecule is O=C1CC[C](Cc2ccccc2)[C](Cc2ccccc2)C1. The maximum atomic E-state index is 11.8. The Balaban J connectivity index is 1.72. The Morgan fingerprint density at radius 3 is 1.76 bits per heavy atom. The lowest BCUT2D eigenvalue weighted by Crippen LogP contribution is -2.25. The van der Waals surface area contributed by atoms with Crippen molar-refractivity contribution in [2.45, 2.75) is 32.1 Å². The molecule has 2 aromatic carbocycles. The molecule has 0 aliphatic heterocycles. The minimum atomic E-state index is 0.387. The monoisotopic (exact) mass is 276 g/mol. The maximum Gasteiger partial charge on any atom is 0.133 e. The van der Waals surface area contributed by atoms with Crippen LogP contribution in [0.15, 0.2) is 60.7 Å². The van der Waals surface area contributed by atoms with Gasteiger partial charge in [0.2, 0.25) is 0 Å². The Labute approximate surface area is 127 Å². The summed E-state index contributed by atoms with van der Waals surface area (Å²) in [5.41, 5.74) is 2.64. The summed E-state index contributed by atoms with van der Waals surface area (Å²) >= 11 is 0. The minimum absolute atomic E-state index is 0.387. The summed E-state index contributed by atoms with van der Waals surface area (Å²) in [7, 11) is 0. The first-order valence-corrected chi connectivity index (χ1v) is 7.60.